The minimum atomic E-state index is -0.954. The van der Waals surface area contributed by atoms with Crippen LogP contribution < -0.4 is 16.2 Å². The maximum Gasteiger partial charge on any atom is 0.410 e. The minimum Gasteiger partial charge on any atom is -0.486 e. The zero-order valence-electron chi connectivity index (χ0n) is 16.1. The van der Waals surface area contributed by atoms with Crippen molar-refractivity contribution in [2.45, 2.75) is 38.5 Å². The van der Waals surface area contributed by atoms with Crippen molar-refractivity contribution in [3.05, 3.63) is 24.0 Å². The first-order chi connectivity index (χ1) is 13.1. The maximum atomic E-state index is 13.8. The summed E-state index contributed by atoms with van der Waals surface area (Å²) in [4.78, 5) is 24.8. The van der Waals surface area contributed by atoms with Crippen molar-refractivity contribution < 1.29 is 32.9 Å². The van der Waals surface area contributed by atoms with Crippen LogP contribution in [-0.2, 0) is 14.2 Å². The lowest BCUT2D eigenvalue weighted by Crippen LogP contribution is -2.56. The summed E-state index contributed by atoms with van der Waals surface area (Å²) in [6.45, 7) is 5.20. The van der Waals surface area contributed by atoms with Crippen LogP contribution in [0.5, 0.6) is 5.75 Å². The maximum absolute atomic E-state index is 13.8. The van der Waals surface area contributed by atoms with E-state index in [2.05, 4.69) is 0 Å². The number of primary amides is 1. The second-order valence-corrected chi connectivity index (χ2v) is 7.34. The van der Waals surface area contributed by atoms with Crippen LogP contribution in [0.4, 0.5) is 19.7 Å². The number of halogens is 1. The summed E-state index contributed by atoms with van der Waals surface area (Å²) in [6, 6.07) is 3.65. The molecule has 0 saturated carbocycles. The molecule has 1 aliphatic rings. The first-order valence-electron chi connectivity index (χ1n) is 8.77. The zero-order valence-corrected chi connectivity index (χ0v) is 16.1. The predicted octanol–water partition coefficient (Wildman–Crippen LogP) is 1.89. The molecular weight excluding hydrogens is 373 g/mol. The topological polar surface area (TPSA) is 126 Å². The highest BCUT2D eigenvalue weighted by Gasteiger charge is 2.36. The average Bonchev–Trinajstić information content (AvgIpc) is 2.58. The lowest BCUT2D eigenvalue weighted by molar-refractivity contribution is -0.0914. The standard InChI is InChI=1S/C18H26FN3O6/c1-18(2,3)28-17(24)22-7-12(25-8-11(22)9-27-16(21)23)10-26-15-13(19)5-4-6-14(15)20/h4-6,11-12H,7-10,20H2,1-3H3,(H2,21,23). The lowest BCUT2D eigenvalue weighted by Gasteiger charge is -2.39. The number of hydrogen-bond acceptors (Lipinski definition) is 7. The summed E-state index contributed by atoms with van der Waals surface area (Å²) < 4.78 is 35.2. The molecule has 1 aliphatic heterocycles. The number of nitrogen functional groups attached to an aromatic ring is 1. The number of nitrogens with zero attached hydrogens (tertiary/aromatic N) is 1. The zero-order chi connectivity index (χ0) is 20.9. The van der Waals surface area contributed by atoms with Gasteiger partial charge >= 0.3 is 12.2 Å². The molecule has 9 nitrogen and oxygen atoms in total. The number of anilines is 1. The van der Waals surface area contributed by atoms with Crippen molar-refractivity contribution in [3.8, 4) is 5.75 Å². The fourth-order valence-electron chi connectivity index (χ4n) is 2.57. The summed E-state index contributed by atoms with van der Waals surface area (Å²) in [5.74, 6) is -0.665. The first kappa shape index (κ1) is 21.5. The van der Waals surface area contributed by atoms with Crippen molar-refractivity contribution in [2.24, 2.45) is 5.73 Å². The molecule has 2 unspecified atom stereocenters. The number of para-hydroxylation sites is 1. The monoisotopic (exact) mass is 399 g/mol. The van der Waals surface area contributed by atoms with Gasteiger partial charge in [0.2, 0.25) is 0 Å². The van der Waals surface area contributed by atoms with E-state index < -0.39 is 35.8 Å². The quantitative estimate of drug-likeness (QED) is 0.724. The molecule has 0 aliphatic carbocycles. The highest BCUT2D eigenvalue weighted by molar-refractivity contribution is 5.69. The van der Waals surface area contributed by atoms with Crippen LogP contribution in [-0.4, -0.2) is 61.2 Å². The van der Waals surface area contributed by atoms with Gasteiger partial charge in [-0.05, 0) is 32.9 Å². The van der Waals surface area contributed by atoms with E-state index in [9.17, 15) is 14.0 Å². The SMILES string of the molecule is CC(C)(C)OC(=O)N1CC(COc2c(N)cccc2F)OCC1COC(N)=O. The molecule has 1 heterocycles. The lowest BCUT2D eigenvalue weighted by atomic mass is 10.2. The number of carbonyl (C=O) groups is 2. The molecule has 2 rings (SSSR count). The highest BCUT2D eigenvalue weighted by atomic mass is 19.1. The van der Waals surface area contributed by atoms with Gasteiger partial charge < -0.3 is 30.4 Å². The fourth-order valence-corrected chi connectivity index (χ4v) is 2.57. The number of rotatable bonds is 5. The summed E-state index contributed by atoms with van der Waals surface area (Å²) in [7, 11) is 0. The van der Waals surface area contributed by atoms with E-state index in [0.717, 1.165) is 0 Å². The minimum absolute atomic E-state index is 0.0339. The van der Waals surface area contributed by atoms with Crippen LogP contribution in [0.2, 0.25) is 0 Å². The molecule has 0 spiro atoms. The van der Waals surface area contributed by atoms with Gasteiger partial charge in [0.1, 0.15) is 24.9 Å². The third kappa shape index (κ3) is 6.15. The highest BCUT2D eigenvalue weighted by Crippen LogP contribution is 2.25. The molecule has 1 saturated heterocycles. The van der Waals surface area contributed by atoms with Crippen LogP contribution in [0.15, 0.2) is 18.2 Å². The van der Waals surface area contributed by atoms with Gasteiger partial charge in [0.25, 0.3) is 0 Å². The molecule has 0 aromatic heterocycles. The van der Waals surface area contributed by atoms with E-state index in [1.165, 1.54) is 23.1 Å². The van der Waals surface area contributed by atoms with Gasteiger partial charge in [0.15, 0.2) is 11.6 Å². The molecule has 156 valence electrons. The number of hydrogen-bond donors (Lipinski definition) is 2. The predicted molar refractivity (Wildman–Crippen MR) is 98.3 cm³/mol. The summed E-state index contributed by atoms with van der Waals surface area (Å²) in [6.07, 6.45) is -2.11. The Bertz CT molecular complexity index is 689. The molecule has 1 aromatic carbocycles. The Hall–Kier alpha value is -2.75. The fraction of sp³-hybridized carbons (Fsp3) is 0.556. The van der Waals surface area contributed by atoms with E-state index in [-0.39, 0.29) is 37.8 Å². The third-order valence-corrected chi connectivity index (χ3v) is 3.82. The van der Waals surface area contributed by atoms with E-state index >= 15 is 0 Å². The number of amides is 2. The van der Waals surface area contributed by atoms with E-state index in [1.54, 1.807) is 20.8 Å². The molecular formula is C18H26FN3O6. The van der Waals surface area contributed by atoms with Crippen molar-refractivity contribution in [1.29, 1.82) is 0 Å². The van der Waals surface area contributed by atoms with Crippen LogP contribution in [0.1, 0.15) is 20.8 Å². The molecule has 10 heteroatoms. The molecule has 4 N–H and O–H groups in total. The van der Waals surface area contributed by atoms with Gasteiger partial charge in [-0.1, -0.05) is 6.07 Å². The second-order valence-electron chi connectivity index (χ2n) is 7.34. The van der Waals surface area contributed by atoms with Crippen molar-refractivity contribution >= 4 is 17.9 Å². The number of nitrogens with two attached hydrogens (primary N) is 2. The van der Waals surface area contributed by atoms with Crippen LogP contribution in [0.25, 0.3) is 0 Å². The summed E-state index contributed by atoms with van der Waals surface area (Å²) in [5.41, 5.74) is 10.2. The Morgan fingerprint density at radius 2 is 2.04 bits per heavy atom. The molecule has 28 heavy (non-hydrogen) atoms. The van der Waals surface area contributed by atoms with Gasteiger partial charge in [-0.2, -0.15) is 0 Å². The van der Waals surface area contributed by atoms with Gasteiger partial charge in [-0.3, -0.25) is 4.90 Å². The van der Waals surface area contributed by atoms with E-state index in [0.29, 0.717) is 0 Å². The molecule has 1 fully saturated rings. The Kier molecular flexibility index (Phi) is 6.90. The van der Waals surface area contributed by atoms with Crippen molar-refractivity contribution in [2.75, 3.05) is 32.1 Å². The Balaban J connectivity index is 2.04. The summed E-state index contributed by atoms with van der Waals surface area (Å²) >= 11 is 0. The van der Waals surface area contributed by atoms with Gasteiger partial charge in [0, 0.05) is 0 Å². The number of benzene rings is 1. The molecule has 2 atom stereocenters. The summed E-state index contributed by atoms with van der Waals surface area (Å²) in [5, 5.41) is 0. The second kappa shape index (κ2) is 8.96. The van der Waals surface area contributed by atoms with Crippen molar-refractivity contribution in [1.82, 2.24) is 4.90 Å². The first-order valence-corrected chi connectivity index (χ1v) is 8.77. The van der Waals surface area contributed by atoms with Crippen LogP contribution in [0, 0.1) is 5.82 Å². The Labute approximate surface area is 162 Å². The van der Waals surface area contributed by atoms with Crippen molar-refractivity contribution in [3.63, 3.8) is 0 Å². The third-order valence-electron chi connectivity index (χ3n) is 3.82. The number of carbonyl (C=O) groups excluding carboxylic acids is 2. The molecule has 2 amide bonds. The normalized spacial score (nSPS) is 19.8. The average molecular weight is 399 g/mol. The largest absolute Gasteiger partial charge is 0.486 e. The van der Waals surface area contributed by atoms with Crippen LogP contribution >= 0.6 is 0 Å². The number of morpholine rings is 1. The van der Waals surface area contributed by atoms with Gasteiger partial charge in [-0.15, -0.1) is 0 Å². The number of ether oxygens (including phenoxy) is 4. The molecule has 0 bridgehead atoms. The van der Waals surface area contributed by atoms with E-state index in [4.69, 9.17) is 30.4 Å². The molecule has 1 aromatic rings. The van der Waals surface area contributed by atoms with E-state index in [1.807, 2.05) is 0 Å². The Morgan fingerprint density at radius 3 is 2.64 bits per heavy atom. The molecule has 0 radical (unpaired) electrons. The van der Waals surface area contributed by atoms with Gasteiger partial charge in [0.05, 0.1) is 24.9 Å². The van der Waals surface area contributed by atoms with Crippen LogP contribution in [0.3, 0.4) is 0 Å². The van der Waals surface area contributed by atoms with Gasteiger partial charge in [-0.25, -0.2) is 14.0 Å². The Morgan fingerprint density at radius 1 is 1.32 bits per heavy atom. The smallest absolute Gasteiger partial charge is 0.410 e.